The largest absolute Gasteiger partial charge is 0.481 e. The fraction of sp³-hybridized carbons (Fsp3) is 0.0667. The number of ketones is 1. The van der Waals surface area contributed by atoms with E-state index in [-0.39, 0.29) is 16.8 Å². The van der Waals surface area contributed by atoms with Crippen molar-refractivity contribution < 1.29 is 20.3 Å². The van der Waals surface area contributed by atoms with Gasteiger partial charge in [-0.3, -0.25) is 9.59 Å². The SMILES string of the molecule is [2H]OC(=O)C([2H])([2H])c1cccc(C(=O)c2ccc(Br)cc2)c1N([2H])[2H]. The summed E-state index contributed by atoms with van der Waals surface area (Å²) < 4.78 is 38.1. The Balaban J connectivity index is 2.64. The summed E-state index contributed by atoms with van der Waals surface area (Å²) >= 11 is 3.25. The van der Waals surface area contributed by atoms with Crippen LogP contribution < -0.4 is 5.72 Å². The summed E-state index contributed by atoms with van der Waals surface area (Å²) in [7, 11) is 0. The van der Waals surface area contributed by atoms with Gasteiger partial charge in [-0.25, -0.2) is 0 Å². The van der Waals surface area contributed by atoms with Crippen molar-refractivity contribution in [2.24, 2.45) is 0 Å². The number of carbonyl (C=O) groups is 2. The maximum Gasteiger partial charge on any atom is 0.307 e. The van der Waals surface area contributed by atoms with Gasteiger partial charge < -0.3 is 10.8 Å². The van der Waals surface area contributed by atoms with E-state index in [1.54, 1.807) is 12.1 Å². The molecule has 0 saturated heterocycles. The third-order valence-corrected chi connectivity index (χ3v) is 3.15. The van der Waals surface area contributed by atoms with Crippen molar-refractivity contribution in [1.82, 2.24) is 0 Å². The Hall–Kier alpha value is -2.14. The molecular formula is C15H12BrNO3. The first-order valence-electron chi connectivity index (χ1n) is 7.89. The van der Waals surface area contributed by atoms with Crippen molar-refractivity contribution in [3.63, 3.8) is 0 Å². The van der Waals surface area contributed by atoms with E-state index in [4.69, 9.17) is 7.00 Å². The van der Waals surface area contributed by atoms with E-state index in [9.17, 15) is 9.59 Å². The van der Waals surface area contributed by atoms with Gasteiger partial charge >= 0.3 is 5.97 Å². The lowest BCUT2D eigenvalue weighted by Gasteiger charge is -2.09. The first-order chi connectivity index (χ1) is 11.7. The molecule has 0 spiro atoms. The Morgan fingerprint density at radius 1 is 1.30 bits per heavy atom. The van der Waals surface area contributed by atoms with E-state index in [2.05, 4.69) is 21.0 Å². The molecule has 2 aromatic rings. The first kappa shape index (κ1) is 8.92. The van der Waals surface area contributed by atoms with Crippen molar-refractivity contribution in [3.05, 3.63) is 63.6 Å². The van der Waals surface area contributed by atoms with Crippen molar-refractivity contribution in [2.45, 2.75) is 6.37 Å². The van der Waals surface area contributed by atoms with Gasteiger partial charge in [-0.15, -0.1) is 0 Å². The molecule has 0 aliphatic rings. The standard InChI is InChI=1S/C15H12BrNO3/c16-11-6-4-9(5-7-11)15(20)12-3-1-2-10(14(12)17)8-13(18)19/h1-7H,8,17H2,(H,18,19)/i8D2/hD3. The van der Waals surface area contributed by atoms with Crippen LogP contribution in [0.2, 0.25) is 2.82 Å². The molecule has 0 unspecified atom stereocenters. The predicted octanol–water partition coefficient (Wildman–Crippen LogP) is 2.89. The quantitative estimate of drug-likeness (QED) is 0.648. The second-order valence-corrected chi connectivity index (χ2v) is 4.87. The monoisotopic (exact) mass is 338 g/mol. The summed E-state index contributed by atoms with van der Waals surface area (Å²) in [6, 6.07) is 10.2. The summed E-state index contributed by atoms with van der Waals surface area (Å²) in [4.78, 5) is 24.3. The number of carbonyl (C=O) groups excluding carboxylic acids is 1. The normalized spacial score (nSPS) is 14.2. The topological polar surface area (TPSA) is 80.4 Å². The Kier molecular flexibility index (Phi) is 2.62. The van der Waals surface area contributed by atoms with Gasteiger partial charge in [0.15, 0.2) is 8.61 Å². The van der Waals surface area contributed by atoms with Crippen LogP contribution in [0.4, 0.5) is 5.69 Å². The van der Waals surface area contributed by atoms with Crippen molar-refractivity contribution in [1.29, 1.82) is 1.43 Å². The molecule has 0 aliphatic heterocycles. The molecule has 0 aliphatic carbocycles. The number of hydrogen-bond donors (Lipinski definition) is 2. The Morgan fingerprint density at radius 3 is 2.70 bits per heavy atom. The zero-order valence-corrected chi connectivity index (χ0v) is 11.7. The minimum Gasteiger partial charge on any atom is -0.481 e. The highest BCUT2D eigenvalue weighted by Crippen LogP contribution is 2.22. The second-order valence-electron chi connectivity index (χ2n) is 3.95. The molecule has 0 bridgehead atoms. The summed E-state index contributed by atoms with van der Waals surface area (Å²) in [6.45, 7) is 0. The summed E-state index contributed by atoms with van der Waals surface area (Å²) in [5.41, 5.74) is -0.585. The van der Waals surface area contributed by atoms with Gasteiger partial charge in [0.2, 0.25) is 0 Å². The minimum atomic E-state index is -2.80. The maximum atomic E-state index is 12.7. The Morgan fingerprint density at radius 2 is 2.05 bits per heavy atom. The van der Waals surface area contributed by atoms with Crippen LogP contribution in [0.3, 0.4) is 0 Å². The van der Waals surface area contributed by atoms with E-state index in [1.807, 2.05) is 0 Å². The van der Waals surface area contributed by atoms with Crippen molar-refractivity contribution in [3.8, 4) is 0 Å². The summed E-state index contributed by atoms with van der Waals surface area (Å²) in [6.07, 6.45) is -2.80. The van der Waals surface area contributed by atoms with Gasteiger partial charge in [0.05, 0.1) is 6.37 Å². The maximum absolute atomic E-state index is 12.7. The number of carboxylic acid groups (broad SMARTS) is 1. The van der Waals surface area contributed by atoms with Crippen LogP contribution in [0.15, 0.2) is 46.9 Å². The predicted molar refractivity (Wildman–Crippen MR) is 79.8 cm³/mol. The van der Waals surface area contributed by atoms with E-state index < -0.39 is 29.4 Å². The number of benzene rings is 2. The number of carboxylic acids is 1. The summed E-state index contributed by atoms with van der Waals surface area (Å²) in [5.74, 6) is -2.05. The molecule has 0 saturated carbocycles. The van der Waals surface area contributed by atoms with E-state index in [0.717, 1.165) is 4.47 Å². The van der Waals surface area contributed by atoms with Crippen molar-refractivity contribution in [2.75, 3.05) is 5.72 Å². The molecule has 2 rings (SSSR count). The van der Waals surface area contributed by atoms with Gasteiger partial charge in [0, 0.05) is 24.0 Å². The van der Waals surface area contributed by atoms with Gasteiger partial charge in [-0.1, -0.05) is 28.1 Å². The number of anilines is 1. The Labute approximate surface area is 131 Å². The van der Waals surface area contributed by atoms with Crippen LogP contribution in [0.25, 0.3) is 1.43 Å². The highest BCUT2D eigenvalue weighted by atomic mass is 79.9. The van der Waals surface area contributed by atoms with Gasteiger partial charge in [-0.2, -0.15) is 0 Å². The lowest BCUT2D eigenvalue weighted by Crippen LogP contribution is -2.10. The molecule has 102 valence electrons. The van der Waals surface area contributed by atoms with Crippen LogP contribution in [0.1, 0.15) is 24.2 Å². The molecule has 0 aromatic heterocycles. The number of aliphatic carboxylic acids is 1. The number of hydrogen-bond acceptors (Lipinski definition) is 4. The molecule has 0 atom stereocenters. The minimum absolute atomic E-state index is 0.0660. The van der Waals surface area contributed by atoms with Crippen LogP contribution in [0, 0.1) is 0 Å². The average molecular weight is 339 g/mol. The molecule has 5 heteroatoms. The molecule has 20 heavy (non-hydrogen) atoms. The highest BCUT2D eigenvalue weighted by molar-refractivity contribution is 9.10. The molecule has 3 N–H and O–H groups in total. The number of nitrogens with two attached hydrogens (primary N) is 1. The van der Waals surface area contributed by atoms with Crippen LogP contribution in [-0.2, 0) is 11.2 Å². The van der Waals surface area contributed by atoms with Gasteiger partial charge in [0.25, 0.3) is 1.43 Å². The highest BCUT2D eigenvalue weighted by Gasteiger charge is 2.15. The van der Waals surface area contributed by atoms with E-state index in [0.29, 0.717) is 0 Å². The molecule has 0 radical (unpaired) electrons. The summed E-state index contributed by atoms with van der Waals surface area (Å²) in [5, 5.41) is 3.71. The third-order valence-electron chi connectivity index (χ3n) is 2.62. The molecule has 4 nitrogen and oxygen atoms in total. The van der Waals surface area contributed by atoms with E-state index in [1.165, 1.54) is 30.3 Å². The fourth-order valence-electron chi connectivity index (χ4n) is 1.69. The lowest BCUT2D eigenvalue weighted by atomic mass is 9.98. The van der Waals surface area contributed by atoms with E-state index >= 15 is 0 Å². The molecule has 0 heterocycles. The fourth-order valence-corrected chi connectivity index (χ4v) is 1.96. The number of halogens is 1. The zero-order valence-electron chi connectivity index (χ0n) is 15.1. The smallest absolute Gasteiger partial charge is 0.307 e. The molecule has 0 fully saturated rings. The Bertz CT molecular complexity index is 811. The lowest BCUT2D eigenvalue weighted by molar-refractivity contribution is -0.136. The zero-order chi connectivity index (χ0) is 18.8. The average Bonchev–Trinajstić information content (AvgIpc) is 2.60. The number of rotatable bonds is 5. The van der Waals surface area contributed by atoms with Gasteiger partial charge in [-0.05, 0) is 35.9 Å². The first-order valence-corrected chi connectivity index (χ1v) is 6.38. The molecule has 0 amide bonds. The molecule has 2 aromatic carbocycles. The van der Waals surface area contributed by atoms with Crippen LogP contribution >= 0.6 is 15.9 Å². The van der Waals surface area contributed by atoms with Crippen LogP contribution in [-0.4, -0.2) is 16.9 Å². The number of para-hydroxylation sites is 1. The van der Waals surface area contributed by atoms with Crippen molar-refractivity contribution >= 4 is 33.4 Å². The van der Waals surface area contributed by atoms with Crippen LogP contribution in [0.5, 0.6) is 0 Å². The second kappa shape index (κ2) is 5.88. The van der Waals surface area contributed by atoms with Gasteiger partial charge in [0.1, 0.15) is 0 Å². The third kappa shape index (κ3) is 3.05. The molecular weight excluding hydrogens is 322 g/mol. The number of nitrogen functional groups attached to an aromatic ring is 1.